The quantitative estimate of drug-likeness (QED) is 0.848. The number of rotatable bonds is 4. The molecule has 4 aliphatic carbocycles. The topological polar surface area (TPSA) is 15.3 Å². The molecule has 20 heavy (non-hydrogen) atoms. The van der Waals surface area contributed by atoms with Crippen molar-refractivity contribution in [1.82, 2.24) is 10.2 Å². The van der Waals surface area contributed by atoms with E-state index in [1.54, 1.807) is 25.7 Å². The summed E-state index contributed by atoms with van der Waals surface area (Å²) in [7, 11) is 0. The summed E-state index contributed by atoms with van der Waals surface area (Å²) in [5.41, 5.74) is 0. The number of nitrogens with zero attached hydrogens (tertiary/aromatic N) is 1. The van der Waals surface area contributed by atoms with Gasteiger partial charge in [-0.15, -0.1) is 0 Å². The van der Waals surface area contributed by atoms with Gasteiger partial charge in [0.1, 0.15) is 0 Å². The second kappa shape index (κ2) is 4.71. The summed E-state index contributed by atoms with van der Waals surface area (Å²) in [5, 5.41) is 3.90. The minimum Gasteiger partial charge on any atom is -0.311 e. The lowest BCUT2D eigenvalue weighted by atomic mass is 9.87. The second-order valence-electron chi connectivity index (χ2n) is 8.65. The molecule has 2 nitrogen and oxygen atoms in total. The van der Waals surface area contributed by atoms with Gasteiger partial charge >= 0.3 is 0 Å². The van der Waals surface area contributed by atoms with Crippen molar-refractivity contribution in [3.8, 4) is 0 Å². The summed E-state index contributed by atoms with van der Waals surface area (Å²) in [6.07, 6.45) is 12.3. The predicted molar refractivity (Wildman–Crippen MR) is 81.5 cm³/mol. The minimum atomic E-state index is 0.837. The Morgan fingerprint density at radius 1 is 0.850 bits per heavy atom. The molecule has 0 radical (unpaired) electrons. The molecule has 0 aromatic carbocycles. The lowest BCUT2D eigenvalue weighted by Gasteiger charge is -2.43. The van der Waals surface area contributed by atoms with E-state index in [-0.39, 0.29) is 0 Å². The van der Waals surface area contributed by atoms with Crippen molar-refractivity contribution in [3.63, 3.8) is 0 Å². The highest BCUT2D eigenvalue weighted by molar-refractivity contribution is 5.01. The van der Waals surface area contributed by atoms with Gasteiger partial charge in [-0.05, 0) is 74.5 Å². The van der Waals surface area contributed by atoms with Crippen molar-refractivity contribution in [2.24, 2.45) is 29.6 Å². The van der Waals surface area contributed by atoms with Gasteiger partial charge < -0.3 is 5.32 Å². The summed E-state index contributed by atoms with van der Waals surface area (Å²) in [6, 6.07) is 1.73. The first-order chi connectivity index (χ1) is 9.87. The Kier molecular flexibility index (Phi) is 2.93. The van der Waals surface area contributed by atoms with Gasteiger partial charge in [0, 0.05) is 31.7 Å². The SMILES string of the molecule is C1CC2CC1CC2CN1CC(C2CC2)NCC1C1CC1. The molecule has 5 aliphatic rings. The van der Waals surface area contributed by atoms with Crippen LogP contribution in [-0.4, -0.2) is 36.6 Å². The highest BCUT2D eigenvalue weighted by Crippen LogP contribution is 2.49. The van der Waals surface area contributed by atoms with E-state index in [0.29, 0.717) is 0 Å². The molecule has 1 saturated heterocycles. The summed E-state index contributed by atoms with van der Waals surface area (Å²) in [5.74, 6) is 5.35. The number of hydrogen-bond donors (Lipinski definition) is 1. The normalized spacial score (nSPS) is 48.9. The van der Waals surface area contributed by atoms with Crippen molar-refractivity contribution in [3.05, 3.63) is 0 Å². The van der Waals surface area contributed by atoms with Gasteiger partial charge in [-0.2, -0.15) is 0 Å². The lowest BCUT2D eigenvalue weighted by molar-refractivity contribution is 0.0778. The zero-order chi connectivity index (χ0) is 13.1. The van der Waals surface area contributed by atoms with Crippen molar-refractivity contribution in [1.29, 1.82) is 0 Å². The second-order valence-corrected chi connectivity index (χ2v) is 8.65. The van der Waals surface area contributed by atoms with E-state index in [2.05, 4.69) is 10.2 Å². The molecular weight excluding hydrogens is 244 g/mol. The van der Waals surface area contributed by atoms with E-state index in [0.717, 1.165) is 41.7 Å². The van der Waals surface area contributed by atoms with Gasteiger partial charge in [-0.3, -0.25) is 4.90 Å². The third-order valence-electron chi connectivity index (χ3n) is 7.20. The molecule has 4 saturated carbocycles. The Hall–Kier alpha value is -0.0800. The van der Waals surface area contributed by atoms with Crippen LogP contribution in [0, 0.1) is 29.6 Å². The molecule has 2 heteroatoms. The third-order valence-corrected chi connectivity index (χ3v) is 7.20. The molecule has 0 amide bonds. The molecule has 2 bridgehead atoms. The Morgan fingerprint density at radius 2 is 1.65 bits per heavy atom. The highest BCUT2D eigenvalue weighted by Gasteiger charge is 2.45. The van der Waals surface area contributed by atoms with Crippen molar-refractivity contribution >= 4 is 0 Å². The minimum absolute atomic E-state index is 0.837. The van der Waals surface area contributed by atoms with Crippen molar-refractivity contribution < 1.29 is 0 Å². The summed E-state index contributed by atoms with van der Waals surface area (Å²) in [4.78, 5) is 2.96. The van der Waals surface area contributed by atoms with E-state index in [1.165, 1.54) is 45.3 Å². The summed E-state index contributed by atoms with van der Waals surface area (Å²) < 4.78 is 0. The van der Waals surface area contributed by atoms with E-state index in [1.807, 2.05) is 0 Å². The number of fused-ring (bicyclic) bond motifs is 2. The van der Waals surface area contributed by atoms with Crippen LogP contribution in [0.2, 0.25) is 0 Å². The average molecular weight is 274 g/mol. The molecule has 112 valence electrons. The van der Waals surface area contributed by atoms with Gasteiger partial charge in [0.05, 0.1) is 0 Å². The van der Waals surface area contributed by atoms with Crippen LogP contribution in [0.1, 0.15) is 51.4 Å². The van der Waals surface area contributed by atoms with Crippen LogP contribution in [0.5, 0.6) is 0 Å². The maximum atomic E-state index is 3.90. The molecule has 5 fully saturated rings. The van der Waals surface area contributed by atoms with Gasteiger partial charge in [-0.25, -0.2) is 0 Å². The Bertz CT molecular complexity index is 374. The lowest BCUT2D eigenvalue weighted by Crippen LogP contribution is -2.59. The summed E-state index contributed by atoms with van der Waals surface area (Å²) >= 11 is 0. The van der Waals surface area contributed by atoms with Gasteiger partial charge in [0.25, 0.3) is 0 Å². The monoisotopic (exact) mass is 274 g/mol. The first kappa shape index (κ1) is 12.5. The van der Waals surface area contributed by atoms with Crippen LogP contribution >= 0.6 is 0 Å². The van der Waals surface area contributed by atoms with Crippen LogP contribution in [-0.2, 0) is 0 Å². The fraction of sp³-hybridized carbons (Fsp3) is 1.00. The van der Waals surface area contributed by atoms with Gasteiger partial charge in [0.15, 0.2) is 0 Å². The molecule has 1 heterocycles. The molecule has 5 atom stereocenters. The largest absolute Gasteiger partial charge is 0.311 e. The Labute approximate surface area is 123 Å². The van der Waals surface area contributed by atoms with E-state index in [9.17, 15) is 0 Å². The van der Waals surface area contributed by atoms with Crippen LogP contribution in [0.4, 0.5) is 0 Å². The highest BCUT2D eigenvalue weighted by atomic mass is 15.2. The maximum Gasteiger partial charge on any atom is 0.0249 e. The average Bonchev–Trinajstić information content (AvgIpc) is 3.38. The molecule has 5 unspecified atom stereocenters. The number of hydrogen-bond acceptors (Lipinski definition) is 2. The number of piperazine rings is 1. The van der Waals surface area contributed by atoms with E-state index in [4.69, 9.17) is 0 Å². The van der Waals surface area contributed by atoms with E-state index < -0.39 is 0 Å². The van der Waals surface area contributed by atoms with Crippen LogP contribution < -0.4 is 5.32 Å². The zero-order valence-electron chi connectivity index (χ0n) is 12.8. The number of nitrogens with one attached hydrogen (secondary N) is 1. The zero-order valence-corrected chi connectivity index (χ0v) is 12.8. The fourth-order valence-corrected chi connectivity index (χ4v) is 5.73. The summed E-state index contributed by atoms with van der Waals surface area (Å²) in [6.45, 7) is 4.12. The van der Waals surface area contributed by atoms with Crippen molar-refractivity contribution in [2.75, 3.05) is 19.6 Å². The molecule has 0 spiro atoms. The first-order valence-electron chi connectivity index (χ1n) is 9.34. The first-order valence-corrected chi connectivity index (χ1v) is 9.34. The fourth-order valence-electron chi connectivity index (χ4n) is 5.73. The smallest absolute Gasteiger partial charge is 0.0249 e. The molecule has 1 aliphatic heterocycles. The van der Waals surface area contributed by atoms with Gasteiger partial charge in [-0.1, -0.05) is 6.42 Å². The standard InChI is InChI=1S/C18H30N2/c1-2-15-7-12(1)8-16(15)10-20-11-17(13-3-4-13)19-9-18(20)14-5-6-14/h12-19H,1-11H2. The van der Waals surface area contributed by atoms with Crippen molar-refractivity contribution in [2.45, 2.75) is 63.5 Å². The maximum absolute atomic E-state index is 3.90. The molecule has 0 aromatic rings. The Morgan fingerprint density at radius 3 is 2.30 bits per heavy atom. The van der Waals surface area contributed by atoms with E-state index >= 15 is 0 Å². The van der Waals surface area contributed by atoms with Crippen LogP contribution in [0.25, 0.3) is 0 Å². The predicted octanol–water partition coefficient (Wildman–Crippen LogP) is 2.89. The molecule has 5 rings (SSSR count). The molecule has 0 aromatic heterocycles. The Balaban J connectivity index is 1.27. The third kappa shape index (κ3) is 2.23. The van der Waals surface area contributed by atoms with Crippen LogP contribution in [0.15, 0.2) is 0 Å². The van der Waals surface area contributed by atoms with Gasteiger partial charge in [0.2, 0.25) is 0 Å². The molecular formula is C18H30N2. The molecule has 1 N–H and O–H groups in total. The van der Waals surface area contributed by atoms with Crippen LogP contribution in [0.3, 0.4) is 0 Å².